The first kappa shape index (κ1) is 19.0. The molecular formula is C17H18F3NO4. The van der Waals surface area contributed by atoms with Crippen molar-refractivity contribution in [2.75, 3.05) is 6.61 Å². The molecule has 5 nitrogen and oxygen atoms in total. The smallest absolute Gasteiger partial charge is 0.417 e. The summed E-state index contributed by atoms with van der Waals surface area (Å²) in [4.78, 5) is 24.7. The van der Waals surface area contributed by atoms with Gasteiger partial charge in [0.1, 0.15) is 6.61 Å². The van der Waals surface area contributed by atoms with Crippen LogP contribution in [0.4, 0.5) is 18.0 Å². The molecule has 1 saturated heterocycles. The van der Waals surface area contributed by atoms with Crippen LogP contribution < -0.4 is 0 Å². The Balaban J connectivity index is 2.27. The molecule has 1 aliphatic heterocycles. The number of allylic oxidation sites excluding steroid dienone is 1. The van der Waals surface area contributed by atoms with Gasteiger partial charge in [0.15, 0.2) is 5.92 Å². The zero-order chi connectivity index (χ0) is 18.6. The number of carbonyl (C=O) groups is 2. The van der Waals surface area contributed by atoms with E-state index in [9.17, 15) is 27.9 Å². The van der Waals surface area contributed by atoms with Crippen molar-refractivity contribution in [3.8, 4) is 0 Å². The van der Waals surface area contributed by atoms with Crippen molar-refractivity contribution >= 4 is 12.0 Å². The number of imide groups is 1. The minimum absolute atomic E-state index is 0.169. The molecule has 1 fully saturated rings. The van der Waals surface area contributed by atoms with Crippen LogP contribution in [-0.4, -0.2) is 46.9 Å². The zero-order valence-electron chi connectivity index (χ0n) is 13.4. The minimum atomic E-state index is -5.00. The molecule has 136 valence electrons. The van der Waals surface area contributed by atoms with E-state index in [1.165, 1.54) is 13.0 Å². The van der Waals surface area contributed by atoms with Crippen LogP contribution in [0, 0.1) is 5.92 Å². The second kappa shape index (κ2) is 7.69. The molecule has 0 saturated carbocycles. The first-order valence-electron chi connectivity index (χ1n) is 7.67. The van der Waals surface area contributed by atoms with E-state index in [1.54, 1.807) is 30.3 Å². The van der Waals surface area contributed by atoms with Crippen LogP contribution in [0.25, 0.3) is 0 Å². The van der Waals surface area contributed by atoms with Crippen LogP contribution in [0.5, 0.6) is 0 Å². The monoisotopic (exact) mass is 357 g/mol. The Hall–Kier alpha value is -2.35. The third kappa shape index (κ3) is 4.39. The van der Waals surface area contributed by atoms with Gasteiger partial charge in [0, 0.05) is 0 Å². The molecule has 25 heavy (non-hydrogen) atoms. The predicted octanol–water partition coefficient (Wildman–Crippen LogP) is 2.69. The van der Waals surface area contributed by atoms with Crippen molar-refractivity contribution in [3.05, 3.63) is 48.0 Å². The highest BCUT2D eigenvalue weighted by atomic mass is 19.4. The van der Waals surface area contributed by atoms with E-state index >= 15 is 0 Å². The van der Waals surface area contributed by atoms with Gasteiger partial charge in [0.2, 0.25) is 5.91 Å². The third-order valence-corrected chi connectivity index (χ3v) is 3.86. The van der Waals surface area contributed by atoms with Gasteiger partial charge in [-0.3, -0.25) is 4.79 Å². The number of hydrogen-bond donors (Lipinski definition) is 1. The average molecular weight is 357 g/mol. The van der Waals surface area contributed by atoms with Gasteiger partial charge in [-0.25, -0.2) is 9.69 Å². The number of carbonyl (C=O) groups excluding carboxylic acids is 2. The largest absolute Gasteiger partial charge is 0.447 e. The topological polar surface area (TPSA) is 66.8 Å². The number of aliphatic hydroxyl groups excluding tert-OH is 1. The highest BCUT2D eigenvalue weighted by Gasteiger charge is 2.53. The molecule has 0 bridgehead atoms. The van der Waals surface area contributed by atoms with Crippen molar-refractivity contribution in [2.45, 2.75) is 31.7 Å². The van der Waals surface area contributed by atoms with E-state index in [1.807, 2.05) is 0 Å². The molecule has 3 atom stereocenters. The molecule has 1 aromatic carbocycles. The third-order valence-electron chi connectivity index (χ3n) is 3.86. The molecule has 1 aliphatic rings. The van der Waals surface area contributed by atoms with Gasteiger partial charge in [-0.05, 0) is 18.9 Å². The lowest BCUT2D eigenvalue weighted by atomic mass is 9.97. The normalized spacial score (nSPS) is 20.6. The number of cyclic esters (lactones) is 1. The minimum Gasteiger partial charge on any atom is -0.447 e. The van der Waals surface area contributed by atoms with Gasteiger partial charge in [-0.2, -0.15) is 13.2 Å². The molecule has 1 aromatic rings. The number of alkyl halides is 3. The first-order valence-corrected chi connectivity index (χ1v) is 7.67. The number of nitrogens with zero attached hydrogens (tertiary/aromatic N) is 1. The Bertz CT molecular complexity index is 645. The molecule has 0 unspecified atom stereocenters. The van der Waals surface area contributed by atoms with Gasteiger partial charge in [-0.15, -0.1) is 0 Å². The van der Waals surface area contributed by atoms with E-state index in [0.29, 0.717) is 4.90 Å². The summed E-state index contributed by atoms with van der Waals surface area (Å²) in [6.07, 6.45) is -5.97. The lowest BCUT2D eigenvalue weighted by molar-refractivity contribution is -0.201. The fourth-order valence-electron chi connectivity index (χ4n) is 2.70. The molecule has 2 rings (SSSR count). The molecule has 1 N–H and O–H groups in total. The van der Waals surface area contributed by atoms with Gasteiger partial charge < -0.3 is 9.84 Å². The summed E-state index contributed by atoms with van der Waals surface area (Å²) in [6.45, 7) is 1.23. The zero-order valence-corrected chi connectivity index (χ0v) is 13.4. The fourth-order valence-corrected chi connectivity index (χ4v) is 2.70. The van der Waals surface area contributed by atoms with Crippen LogP contribution >= 0.6 is 0 Å². The van der Waals surface area contributed by atoms with Gasteiger partial charge in [-0.1, -0.05) is 42.5 Å². The standard InChI is InChI=1S/C17H18F3NO4/c1-2-6-13(22)14(17(18,19)20)15(23)21-12(10-25-16(21)24)9-11-7-4-3-5-8-11/h2-8,12-14,22H,9-10H2,1H3/b6-2+/t12-,13-,14+/m0/s1. The van der Waals surface area contributed by atoms with Crippen molar-refractivity contribution in [2.24, 2.45) is 5.92 Å². The van der Waals surface area contributed by atoms with E-state index in [0.717, 1.165) is 11.6 Å². The highest BCUT2D eigenvalue weighted by Crippen LogP contribution is 2.33. The Morgan fingerprint density at radius 2 is 2.04 bits per heavy atom. The molecule has 0 radical (unpaired) electrons. The maximum atomic E-state index is 13.3. The van der Waals surface area contributed by atoms with E-state index < -0.39 is 36.2 Å². The number of halogens is 3. The van der Waals surface area contributed by atoms with Gasteiger partial charge in [0.25, 0.3) is 0 Å². The molecule has 1 heterocycles. The Morgan fingerprint density at radius 1 is 1.40 bits per heavy atom. The second-order valence-electron chi connectivity index (χ2n) is 5.66. The summed E-state index contributed by atoms with van der Waals surface area (Å²) in [7, 11) is 0. The first-order chi connectivity index (χ1) is 11.8. The average Bonchev–Trinajstić information content (AvgIpc) is 2.88. The molecular weight excluding hydrogens is 339 g/mol. The summed E-state index contributed by atoms with van der Waals surface area (Å²) >= 11 is 0. The maximum Gasteiger partial charge on any atom is 0.417 e. The van der Waals surface area contributed by atoms with E-state index in [4.69, 9.17) is 4.74 Å². The van der Waals surface area contributed by atoms with Crippen LogP contribution in [-0.2, 0) is 16.0 Å². The number of rotatable bonds is 5. The highest BCUT2D eigenvalue weighted by molar-refractivity contribution is 5.95. The number of benzene rings is 1. The van der Waals surface area contributed by atoms with Gasteiger partial charge in [0.05, 0.1) is 12.1 Å². The summed E-state index contributed by atoms with van der Waals surface area (Å²) in [6, 6.07) is 7.88. The van der Waals surface area contributed by atoms with E-state index in [2.05, 4.69) is 0 Å². The summed E-state index contributed by atoms with van der Waals surface area (Å²) in [5, 5.41) is 9.73. The number of aliphatic hydroxyl groups is 1. The van der Waals surface area contributed by atoms with E-state index in [-0.39, 0.29) is 13.0 Å². The van der Waals surface area contributed by atoms with Crippen LogP contribution in [0.3, 0.4) is 0 Å². The van der Waals surface area contributed by atoms with Crippen molar-refractivity contribution < 1.29 is 32.6 Å². The van der Waals surface area contributed by atoms with Crippen molar-refractivity contribution in [3.63, 3.8) is 0 Å². The second-order valence-corrected chi connectivity index (χ2v) is 5.66. The summed E-state index contributed by atoms with van der Waals surface area (Å²) < 4.78 is 44.6. The maximum absolute atomic E-state index is 13.3. The molecule has 8 heteroatoms. The predicted molar refractivity (Wildman–Crippen MR) is 82.5 cm³/mol. The molecule has 2 amide bonds. The van der Waals surface area contributed by atoms with Crippen LogP contribution in [0.2, 0.25) is 0 Å². The quantitative estimate of drug-likeness (QED) is 0.823. The number of ether oxygens (including phenoxy) is 1. The van der Waals surface area contributed by atoms with Crippen molar-refractivity contribution in [1.29, 1.82) is 0 Å². The SMILES string of the molecule is C/C=C/[C@H](O)[C@H](C(=O)N1C(=O)OC[C@@H]1Cc1ccccc1)C(F)(F)F. The number of amides is 2. The van der Waals surface area contributed by atoms with Crippen molar-refractivity contribution in [1.82, 2.24) is 4.90 Å². The number of hydrogen-bond acceptors (Lipinski definition) is 4. The Labute approximate surface area is 142 Å². The van der Waals surface area contributed by atoms with Crippen LogP contribution in [0.15, 0.2) is 42.5 Å². The van der Waals surface area contributed by atoms with Crippen LogP contribution in [0.1, 0.15) is 12.5 Å². The molecule has 0 aromatic heterocycles. The Kier molecular flexibility index (Phi) is 5.84. The lowest BCUT2D eigenvalue weighted by Gasteiger charge is -2.28. The molecule has 0 aliphatic carbocycles. The molecule has 0 spiro atoms. The summed E-state index contributed by atoms with van der Waals surface area (Å²) in [5.74, 6) is -4.24. The van der Waals surface area contributed by atoms with Gasteiger partial charge >= 0.3 is 12.3 Å². The Morgan fingerprint density at radius 3 is 2.60 bits per heavy atom. The fraction of sp³-hybridized carbons (Fsp3) is 0.412. The summed E-state index contributed by atoms with van der Waals surface area (Å²) in [5.41, 5.74) is 0.751. The lowest BCUT2D eigenvalue weighted by Crippen LogP contribution is -2.51.